The molecule has 4 rings (SSSR count). The number of halogens is 1. The number of morpholine rings is 1. The first kappa shape index (κ1) is 16.5. The average molecular weight is 419 g/mol. The molecule has 5 nitrogen and oxygen atoms in total. The van der Waals surface area contributed by atoms with Gasteiger partial charge in [0.1, 0.15) is 0 Å². The molecular weight excluding hydrogens is 404 g/mol. The van der Waals surface area contributed by atoms with Gasteiger partial charge in [-0.3, -0.25) is 0 Å². The molecule has 3 heterocycles. The van der Waals surface area contributed by atoms with E-state index in [4.69, 9.17) is 9.47 Å². The molecule has 0 bridgehead atoms. The van der Waals surface area contributed by atoms with Gasteiger partial charge in [-0.15, -0.1) is 11.3 Å². The Balaban J connectivity index is 1.56. The van der Waals surface area contributed by atoms with Gasteiger partial charge in [0.15, 0.2) is 5.70 Å². The van der Waals surface area contributed by atoms with Crippen LogP contribution in [0.15, 0.2) is 51.6 Å². The lowest BCUT2D eigenvalue weighted by atomic mass is 10.2. The monoisotopic (exact) mass is 418 g/mol. The van der Waals surface area contributed by atoms with Crippen LogP contribution in [-0.4, -0.2) is 38.2 Å². The third kappa shape index (κ3) is 3.68. The zero-order chi connectivity index (χ0) is 17.2. The summed E-state index contributed by atoms with van der Waals surface area (Å²) in [6, 6.07) is 11.6. The van der Waals surface area contributed by atoms with E-state index in [1.807, 2.05) is 30.3 Å². The lowest BCUT2D eigenvalue weighted by molar-refractivity contribution is -0.129. The third-order valence-electron chi connectivity index (χ3n) is 3.91. The van der Waals surface area contributed by atoms with Crippen molar-refractivity contribution in [1.29, 1.82) is 0 Å². The summed E-state index contributed by atoms with van der Waals surface area (Å²) in [4.78, 5) is 19.7. The first-order valence-corrected chi connectivity index (χ1v) is 9.51. The number of carbonyl (C=O) groups is 1. The van der Waals surface area contributed by atoms with Gasteiger partial charge in [-0.2, -0.15) is 0 Å². The van der Waals surface area contributed by atoms with E-state index in [-0.39, 0.29) is 0 Å². The normalized spacial score (nSPS) is 19.2. The van der Waals surface area contributed by atoms with E-state index in [2.05, 4.69) is 31.9 Å². The molecule has 0 atom stereocenters. The van der Waals surface area contributed by atoms with Crippen LogP contribution >= 0.6 is 27.3 Å². The second kappa shape index (κ2) is 7.11. The molecule has 128 valence electrons. The van der Waals surface area contributed by atoms with Gasteiger partial charge in [0.05, 0.1) is 18.2 Å². The molecule has 0 aliphatic carbocycles. The molecule has 1 aromatic heterocycles. The Labute approximate surface area is 157 Å². The SMILES string of the molecule is O=C1OC(c2cccc(Br)c2)=NC1=Cc1ccc(N2CCOCC2)s1. The van der Waals surface area contributed by atoms with Crippen molar-refractivity contribution < 1.29 is 14.3 Å². The van der Waals surface area contributed by atoms with Crippen molar-refractivity contribution in [2.75, 3.05) is 31.2 Å². The van der Waals surface area contributed by atoms with Gasteiger partial charge in [-0.25, -0.2) is 9.79 Å². The number of nitrogens with zero attached hydrogens (tertiary/aromatic N) is 2. The molecule has 0 N–H and O–H groups in total. The number of esters is 1. The van der Waals surface area contributed by atoms with Crippen LogP contribution in [0.1, 0.15) is 10.4 Å². The summed E-state index contributed by atoms with van der Waals surface area (Å²) in [5.74, 6) is -0.0844. The highest BCUT2D eigenvalue weighted by atomic mass is 79.9. The lowest BCUT2D eigenvalue weighted by Gasteiger charge is -2.27. The number of benzene rings is 1. The van der Waals surface area contributed by atoms with Gasteiger partial charge >= 0.3 is 5.97 Å². The highest BCUT2D eigenvalue weighted by molar-refractivity contribution is 9.10. The Bertz CT molecular complexity index is 869. The molecule has 1 fully saturated rings. The lowest BCUT2D eigenvalue weighted by Crippen LogP contribution is -2.35. The summed E-state index contributed by atoms with van der Waals surface area (Å²) in [6.45, 7) is 3.29. The number of hydrogen-bond acceptors (Lipinski definition) is 6. The zero-order valence-corrected chi connectivity index (χ0v) is 15.7. The van der Waals surface area contributed by atoms with E-state index in [1.165, 1.54) is 5.00 Å². The second-order valence-corrected chi connectivity index (χ2v) is 7.63. The Morgan fingerprint density at radius 2 is 2.04 bits per heavy atom. The number of anilines is 1. The van der Waals surface area contributed by atoms with Gasteiger partial charge < -0.3 is 14.4 Å². The van der Waals surface area contributed by atoms with Crippen molar-refractivity contribution in [3.63, 3.8) is 0 Å². The van der Waals surface area contributed by atoms with E-state index in [0.29, 0.717) is 11.6 Å². The summed E-state index contributed by atoms with van der Waals surface area (Å²) >= 11 is 5.05. The summed E-state index contributed by atoms with van der Waals surface area (Å²) in [5.41, 5.74) is 1.09. The van der Waals surface area contributed by atoms with Gasteiger partial charge in [0.25, 0.3) is 0 Å². The third-order valence-corrected chi connectivity index (χ3v) is 5.49. The minimum atomic E-state index is -0.420. The minimum absolute atomic E-state index is 0.324. The van der Waals surface area contributed by atoms with Crippen LogP contribution in [0, 0.1) is 0 Å². The molecule has 1 saturated heterocycles. The molecule has 0 radical (unpaired) electrons. The molecular formula is C18H15BrN2O3S. The van der Waals surface area contributed by atoms with E-state index >= 15 is 0 Å². The molecule has 25 heavy (non-hydrogen) atoms. The first-order valence-electron chi connectivity index (χ1n) is 7.90. The predicted molar refractivity (Wildman–Crippen MR) is 102 cm³/mol. The van der Waals surface area contributed by atoms with E-state index in [9.17, 15) is 4.79 Å². The smallest absolute Gasteiger partial charge is 0.363 e. The number of hydrogen-bond donors (Lipinski definition) is 0. The largest absolute Gasteiger partial charge is 0.402 e. The maximum absolute atomic E-state index is 12.1. The second-order valence-electron chi connectivity index (χ2n) is 5.62. The topological polar surface area (TPSA) is 51.1 Å². The summed E-state index contributed by atoms with van der Waals surface area (Å²) in [7, 11) is 0. The first-order chi connectivity index (χ1) is 12.2. The molecule has 0 amide bonds. The minimum Gasteiger partial charge on any atom is -0.402 e. The van der Waals surface area contributed by atoms with E-state index < -0.39 is 5.97 Å². The molecule has 2 aliphatic heterocycles. The molecule has 0 unspecified atom stereocenters. The summed E-state index contributed by atoms with van der Waals surface area (Å²) in [6.07, 6.45) is 1.78. The van der Waals surface area contributed by atoms with E-state index in [1.54, 1.807) is 17.4 Å². The highest BCUT2D eigenvalue weighted by Gasteiger charge is 2.24. The van der Waals surface area contributed by atoms with Crippen molar-refractivity contribution in [3.05, 3.63) is 57.0 Å². The van der Waals surface area contributed by atoms with Gasteiger partial charge in [0.2, 0.25) is 5.90 Å². The molecule has 0 spiro atoms. The van der Waals surface area contributed by atoms with Crippen LogP contribution in [0.25, 0.3) is 6.08 Å². The highest BCUT2D eigenvalue weighted by Crippen LogP contribution is 2.29. The maximum atomic E-state index is 12.1. The van der Waals surface area contributed by atoms with Crippen molar-refractivity contribution in [3.8, 4) is 0 Å². The fourth-order valence-corrected chi connectivity index (χ4v) is 4.06. The number of rotatable bonds is 3. The number of cyclic esters (lactones) is 1. The molecule has 1 aromatic carbocycles. The number of ether oxygens (including phenoxy) is 2. The van der Waals surface area contributed by atoms with Crippen molar-refractivity contribution in [1.82, 2.24) is 0 Å². The predicted octanol–water partition coefficient (Wildman–Crippen LogP) is 3.69. The fraction of sp³-hybridized carbons (Fsp3) is 0.222. The molecule has 2 aliphatic rings. The van der Waals surface area contributed by atoms with Gasteiger partial charge in [-0.1, -0.05) is 22.0 Å². The van der Waals surface area contributed by atoms with Crippen LogP contribution in [0.5, 0.6) is 0 Å². The van der Waals surface area contributed by atoms with Gasteiger partial charge in [-0.05, 0) is 36.4 Å². The summed E-state index contributed by atoms with van der Waals surface area (Å²) < 4.78 is 11.6. The van der Waals surface area contributed by atoms with Crippen LogP contribution in [0.4, 0.5) is 5.00 Å². The molecule has 7 heteroatoms. The average Bonchev–Trinajstić information content (AvgIpc) is 3.24. The number of aliphatic imine (C=N–C) groups is 1. The molecule has 2 aromatic rings. The van der Waals surface area contributed by atoms with Gasteiger partial charge in [0, 0.05) is 28.0 Å². The van der Waals surface area contributed by atoms with Crippen molar-refractivity contribution in [2.45, 2.75) is 0 Å². The van der Waals surface area contributed by atoms with E-state index in [0.717, 1.165) is 41.2 Å². The maximum Gasteiger partial charge on any atom is 0.363 e. The van der Waals surface area contributed by atoms with Crippen molar-refractivity contribution >= 4 is 50.2 Å². The quantitative estimate of drug-likeness (QED) is 0.563. The number of carbonyl (C=O) groups excluding carboxylic acids is 1. The molecule has 0 saturated carbocycles. The zero-order valence-electron chi connectivity index (χ0n) is 13.3. The van der Waals surface area contributed by atoms with Crippen LogP contribution in [0.3, 0.4) is 0 Å². The Morgan fingerprint density at radius 3 is 2.84 bits per heavy atom. The van der Waals surface area contributed by atoms with Crippen LogP contribution in [0.2, 0.25) is 0 Å². The Hall–Kier alpha value is -1.96. The fourth-order valence-electron chi connectivity index (χ4n) is 2.66. The standard InChI is InChI=1S/C18H15BrN2O3S/c19-13-3-1-2-12(10-13)17-20-15(18(22)24-17)11-14-4-5-16(25-14)21-6-8-23-9-7-21/h1-5,10-11H,6-9H2. The van der Waals surface area contributed by atoms with Crippen LogP contribution < -0.4 is 4.90 Å². The number of thiophene rings is 1. The van der Waals surface area contributed by atoms with Crippen LogP contribution in [-0.2, 0) is 14.3 Å². The summed E-state index contributed by atoms with van der Waals surface area (Å²) in [5, 5.41) is 1.18. The van der Waals surface area contributed by atoms with Crippen molar-refractivity contribution in [2.24, 2.45) is 4.99 Å². The Kier molecular flexibility index (Phi) is 4.70. The Morgan fingerprint density at radius 1 is 1.20 bits per heavy atom.